The standard InChI is InChI=1S/C27H29N5O2S/c1-30(2)12-13-31-10-7-17(8-11-31)32-16-20(18-5-3-4-6-22(18)32)24-23(26(33)29-27(24)34)19-15-28-21-9-14-35-25(19)21/h3-6,9,14-17,28H,7-8,10-13H2,1-2H3,(H,29,33,34). The van der Waals surface area contributed by atoms with Crippen molar-refractivity contribution in [3.8, 4) is 0 Å². The Labute approximate surface area is 208 Å². The van der Waals surface area contributed by atoms with E-state index in [0.717, 1.165) is 71.3 Å². The summed E-state index contributed by atoms with van der Waals surface area (Å²) in [5.41, 5.74) is 4.66. The number of hydrogen-bond acceptors (Lipinski definition) is 5. The lowest BCUT2D eigenvalue weighted by molar-refractivity contribution is -0.122. The maximum atomic E-state index is 13.1. The zero-order valence-electron chi connectivity index (χ0n) is 20.0. The molecule has 1 fully saturated rings. The van der Waals surface area contributed by atoms with Crippen molar-refractivity contribution in [3.05, 3.63) is 59.2 Å². The summed E-state index contributed by atoms with van der Waals surface area (Å²) >= 11 is 1.58. The van der Waals surface area contributed by atoms with Gasteiger partial charge in [-0.1, -0.05) is 18.2 Å². The van der Waals surface area contributed by atoms with Crippen LogP contribution >= 0.6 is 11.3 Å². The van der Waals surface area contributed by atoms with Gasteiger partial charge in [-0.2, -0.15) is 0 Å². The van der Waals surface area contributed by atoms with Gasteiger partial charge in [0, 0.05) is 66.6 Å². The molecule has 6 rings (SSSR count). The van der Waals surface area contributed by atoms with E-state index in [2.05, 4.69) is 57.1 Å². The van der Waals surface area contributed by atoms with Gasteiger partial charge in [0.1, 0.15) is 0 Å². The number of thiophene rings is 1. The number of nitrogens with zero attached hydrogens (tertiary/aromatic N) is 3. The van der Waals surface area contributed by atoms with Crippen molar-refractivity contribution in [2.75, 3.05) is 40.3 Å². The van der Waals surface area contributed by atoms with Crippen LogP contribution in [-0.2, 0) is 9.59 Å². The summed E-state index contributed by atoms with van der Waals surface area (Å²) in [6.45, 7) is 4.28. The maximum Gasteiger partial charge on any atom is 0.259 e. The van der Waals surface area contributed by atoms with Crippen LogP contribution in [0.4, 0.5) is 0 Å². The number of piperidine rings is 1. The third-order valence-corrected chi connectivity index (χ3v) is 8.25. The van der Waals surface area contributed by atoms with Gasteiger partial charge in [-0.25, -0.2) is 0 Å². The van der Waals surface area contributed by atoms with Crippen LogP contribution in [0.3, 0.4) is 0 Å². The molecule has 0 radical (unpaired) electrons. The van der Waals surface area contributed by atoms with E-state index in [1.54, 1.807) is 11.3 Å². The van der Waals surface area contributed by atoms with Crippen LogP contribution in [0.15, 0.2) is 48.1 Å². The highest BCUT2D eigenvalue weighted by molar-refractivity contribution is 7.17. The average Bonchev–Trinajstić information content (AvgIpc) is 3.61. The Balaban J connectivity index is 1.42. The summed E-state index contributed by atoms with van der Waals surface area (Å²) in [6.07, 6.45) is 6.08. The van der Waals surface area contributed by atoms with Gasteiger partial charge in [-0.15, -0.1) is 11.3 Å². The molecule has 1 saturated heterocycles. The summed E-state index contributed by atoms with van der Waals surface area (Å²) in [5.74, 6) is -0.650. The lowest BCUT2D eigenvalue weighted by Crippen LogP contribution is -2.38. The highest BCUT2D eigenvalue weighted by Gasteiger charge is 2.35. The second-order valence-corrected chi connectivity index (χ2v) is 10.7. The highest BCUT2D eigenvalue weighted by Crippen LogP contribution is 2.40. The molecule has 0 saturated carbocycles. The molecular formula is C27H29N5O2S. The monoisotopic (exact) mass is 487 g/mol. The lowest BCUT2D eigenvalue weighted by Gasteiger charge is -2.33. The molecule has 0 unspecified atom stereocenters. The summed E-state index contributed by atoms with van der Waals surface area (Å²) < 4.78 is 3.34. The van der Waals surface area contributed by atoms with E-state index < -0.39 is 0 Å². The van der Waals surface area contributed by atoms with E-state index in [1.807, 2.05) is 29.8 Å². The molecule has 180 valence electrons. The first-order chi connectivity index (χ1) is 17.0. The minimum Gasteiger partial charge on any atom is -0.360 e. The summed E-state index contributed by atoms with van der Waals surface area (Å²) in [6, 6.07) is 10.6. The number of carbonyl (C=O) groups is 2. The van der Waals surface area contributed by atoms with E-state index in [4.69, 9.17) is 0 Å². The van der Waals surface area contributed by atoms with E-state index in [-0.39, 0.29) is 11.8 Å². The molecule has 1 aromatic carbocycles. The quantitative estimate of drug-likeness (QED) is 0.404. The number of imide groups is 1. The van der Waals surface area contributed by atoms with E-state index in [0.29, 0.717) is 17.2 Å². The molecule has 4 aromatic rings. The van der Waals surface area contributed by atoms with Crippen LogP contribution in [0.2, 0.25) is 0 Å². The number of likely N-dealkylation sites (tertiary alicyclic amines) is 1. The largest absolute Gasteiger partial charge is 0.360 e. The van der Waals surface area contributed by atoms with Gasteiger partial charge in [0.15, 0.2) is 0 Å². The number of nitrogens with one attached hydrogen (secondary N) is 2. The van der Waals surface area contributed by atoms with Gasteiger partial charge in [0.25, 0.3) is 11.8 Å². The van der Waals surface area contributed by atoms with Crippen LogP contribution < -0.4 is 5.32 Å². The van der Waals surface area contributed by atoms with Gasteiger partial charge in [-0.05, 0) is 44.4 Å². The number of amides is 2. The van der Waals surface area contributed by atoms with Crippen LogP contribution in [0, 0.1) is 0 Å². The van der Waals surface area contributed by atoms with Crippen molar-refractivity contribution in [1.29, 1.82) is 0 Å². The van der Waals surface area contributed by atoms with Crippen molar-refractivity contribution in [2.24, 2.45) is 0 Å². The van der Waals surface area contributed by atoms with E-state index >= 15 is 0 Å². The molecule has 0 atom stereocenters. The Morgan fingerprint density at radius 3 is 2.54 bits per heavy atom. The highest BCUT2D eigenvalue weighted by atomic mass is 32.1. The molecule has 3 aromatic heterocycles. The first kappa shape index (κ1) is 22.3. The molecule has 0 bridgehead atoms. The number of aromatic amines is 1. The third-order valence-electron chi connectivity index (χ3n) is 7.31. The maximum absolute atomic E-state index is 13.1. The lowest BCUT2D eigenvalue weighted by atomic mass is 9.97. The van der Waals surface area contributed by atoms with Crippen LogP contribution in [0.1, 0.15) is 30.0 Å². The Morgan fingerprint density at radius 2 is 1.77 bits per heavy atom. The van der Waals surface area contributed by atoms with E-state index in [9.17, 15) is 9.59 Å². The molecule has 35 heavy (non-hydrogen) atoms. The van der Waals surface area contributed by atoms with Gasteiger partial charge >= 0.3 is 0 Å². The zero-order valence-corrected chi connectivity index (χ0v) is 20.8. The van der Waals surface area contributed by atoms with Crippen LogP contribution in [0.25, 0.3) is 32.3 Å². The van der Waals surface area contributed by atoms with Crippen molar-refractivity contribution in [2.45, 2.75) is 18.9 Å². The van der Waals surface area contributed by atoms with Gasteiger partial charge in [0.2, 0.25) is 0 Å². The minimum atomic E-state index is -0.328. The van der Waals surface area contributed by atoms with Crippen molar-refractivity contribution in [1.82, 2.24) is 24.7 Å². The predicted octanol–water partition coefficient (Wildman–Crippen LogP) is 3.95. The number of para-hydroxylation sites is 1. The molecule has 7 nitrogen and oxygen atoms in total. The minimum absolute atomic E-state index is 0.322. The van der Waals surface area contributed by atoms with Crippen molar-refractivity contribution >= 4 is 55.4 Å². The smallest absolute Gasteiger partial charge is 0.259 e. The Hall–Kier alpha value is -3.20. The number of hydrogen-bond donors (Lipinski definition) is 2. The fourth-order valence-corrected chi connectivity index (χ4v) is 6.35. The van der Waals surface area contributed by atoms with Gasteiger partial charge in [-0.3, -0.25) is 14.9 Å². The Kier molecular flexibility index (Phi) is 5.59. The fraction of sp³-hybridized carbons (Fsp3) is 0.333. The summed E-state index contributed by atoms with van der Waals surface area (Å²) in [4.78, 5) is 34.2. The number of aromatic nitrogens is 2. The summed E-state index contributed by atoms with van der Waals surface area (Å²) in [7, 11) is 4.23. The number of fused-ring (bicyclic) bond motifs is 2. The van der Waals surface area contributed by atoms with E-state index in [1.165, 1.54) is 0 Å². The molecule has 0 spiro atoms. The molecule has 2 aliphatic heterocycles. The second kappa shape index (κ2) is 8.78. The zero-order chi connectivity index (χ0) is 24.1. The topological polar surface area (TPSA) is 73.4 Å². The average molecular weight is 488 g/mol. The third kappa shape index (κ3) is 3.82. The molecule has 2 N–H and O–H groups in total. The number of likely N-dealkylation sites (N-methyl/N-ethyl adjacent to an activating group) is 1. The summed E-state index contributed by atoms with van der Waals surface area (Å²) in [5, 5.41) is 5.57. The number of benzene rings is 1. The van der Waals surface area contributed by atoms with Crippen molar-refractivity contribution < 1.29 is 9.59 Å². The second-order valence-electron chi connectivity index (χ2n) is 9.74. The molecule has 5 heterocycles. The molecular weight excluding hydrogens is 458 g/mol. The molecule has 2 amide bonds. The Bertz CT molecular complexity index is 1470. The van der Waals surface area contributed by atoms with Gasteiger partial charge < -0.3 is 19.4 Å². The van der Waals surface area contributed by atoms with Crippen LogP contribution in [0.5, 0.6) is 0 Å². The Morgan fingerprint density at radius 1 is 1.03 bits per heavy atom. The SMILES string of the molecule is CN(C)CCN1CCC(n2cc(C3=C(c4c[nH]c5ccsc45)C(=O)NC3=O)c3ccccc32)CC1. The molecule has 2 aliphatic rings. The molecule has 0 aliphatic carbocycles. The first-order valence-electron chi connectivity index (χ1n) is 12.1. The van der Waals surface area contributed by atoms with Gasteiger partial charge in [0.05, 0.1) is 21.4 Å². The molecule has 8 heteroatoms. The number of H-pyrrole nitrogens is 1. The normalized spacial score (nSPS) is 18.0. The fourth-order valence-electron chi connectivity index (χ4n) is 5.47. The predicted molar refractivity (Wildman–Crippen MR) is 141 cm³/mol. The van der Waals surface area contributed by atoms with Crippen LogP contribution in [-0.4, -0.2) is 71.4 Å². The first-order valence-corrected chi connectivity index (χ1v) is 13.0. The number of rotatable bonds is 6. The number of carbonyl (C=O) groups excluding carboxylic acids is 2. The van der Waals surface area contributed by atoms with Crippen molar-refractivity contribution in [3.63, 3.8) is 0 Å².